The number of fused-ring (bicyclic) bond motifs is 1. The van der Waals surface area contributed by atoms with Crippen molar-refractivity contribution in [2.45, 2.75) is 45.6 Å². The van der Waals surface area contributed by atoms with Crippen molar-refractivity contribution in [3.63, 3.8) is 0 Å². The molecule has 0 spiro atoms. The van der Waals surface area contributed by atoms with Gasteiger partial charge in [-0.1, -0.05) is 19.0 Å². The summed E-state index contributed by atoms with van der Waals surface area (Å²) >= 11 is 0. The summed E-state index contributed by atoms with van der Waals surface area (Å²) < 4.78 is 10.7. The monoisotopic (exact) mass is 381 g/mol. The van der Waals surface area contributed by atoms with E-state index in [-0.39, 0.29) is 18.0 Å². The third kappa shape index (κ3) is 3.40. The van der Waals surface area contributed by atoms with E-state index in [9.17, 15) is 9.59 Å². The van der Waals surface area contributed by atoms with Gasteiger partial charge in [0, 0.05) is 41.7 Å². The van der Waals surface area contributed by atoms with Crippen LogP contribution in [-0.4, -0.2) is 22.6 Å². The highest BCUT2D eigenvalue weighted by atomic mass is 16.5. The third-order valence-electron chi connectivity index (χ3n) is 5.17. The highest BCUT2D eigenvalue weighted by Crippen LogP contribution is 2.33. The van der Waals surface area contributed by atoms with Crippen molar-refractivity contribution in [3.8, 4) is 0 Å². The summed E-state index contributed by atoms with van der Waals surface area (Å²) in [6.07, 6.45) is 1.76. The highest BCUT2D eigenvalue weighted by molar-refractivity contribution is 5.93. The van der Waals surface area contributed by atoms with Gasteiger partial charge in [-0.15, -0.1) is 0 Å². The van der Waals surface area contributed by atoms with Crippen molar-refractivity contribution >= 4 is 22.7 Å². The van der Waals surface area contributed by atoms with Gasteiger partial charge in [-0.05, 0) is 37.5 Å². The summed E-state index contributed by atoms with van der Waals surface area (Å²) in [5.41, 5.74) is 2.27. The van der Waals surface area contributed by atoms with Crippen LogP contribution in [0.2, 0.25) is 0 Å². The number of rotatable bonds is 3. The van der Waals surface area contributed by atoms with Gasteiger partial charge in [0.15, 0.2) is 0 Å². The zero-order chi connectivity index (χ0) is 19.8. The van der Waals surface area contributed by atoms with Gasteiger partial charge in [0.05, 0.1) is 6.04 Å². The first kappa shape index (κ1) is 18.3. The van der Waals surface area contributed by atoms with E-state index >= 15 is 0 Å². The lowest BCUT2D eigenvalue weighted by molar-refractivity contribution is 0.204. The van der Waals surface area contributed by atoms with E-state index in [0.29, 0.717) is 17.8 Å². The summed E-state index contributed by atoms with van der Waals surface area (Å²) in [5, 5.41) is 7.93. The molecule has 0 aliphatic carbocycles. The summed E-state index contributed by atoms with van der Waals surface area (Å²) in [6.45, 7) is 6.60. The van der Waals surface area contributed by atoms with Crippen LogP contribution in [-0.2, 0) is 0 Å². The van der Waals surface area contributed by atoms with E-state index in [1.54, 1.807) is 11.0 Å². The molecule has 2 amide bonds. The minimum absolute atomic E-state index is 0.100. The van der Waals surface area contributed by atoms with Gasteiger partial charge in [-0.25, -0.2) is 9.59 Å². The third-order valence-corrected chi connectivity index (χ3v) is 5.17. The molecule has 7 nitrogen and oxygen atoms in total. The standard InChI is InChI=1S/C21H23N3O4/c1-12(2)18-11-16(23-28-18)17-5-4-8-24(17)21(26)22-14-6-7-15-13(3)9-20(25)27-19(15)10-14/h6-7,9-12,17H,4-5,8H2,1-3H3,(H,22,26)/t17-/m1/s1. The number of benzene rings is 1. The van der Waals surface area contributed by atoms with Crippen LogP contribution in [0, 0.1) is 6.92 Å². The van der Waals surface area contributed by atoms with Gasteiger partial charge in [0.2, 0.25) is 0 Å². The van der Waals surface area contributed by atoms with Crippen molar-refractivity contribution < 1.29 is 13.7 Å². The van der Waals surface area contributed by atoms with Crippen LogP contribution in [0.5, 0.6) is 0 Å². The number of carbonyl (C=O) groups excluding carboxylic acids is 1. The molecule has 3 aromatic rings. The van der Waals surface area contributed by atoms with Crippen molar-refractivity contribution in [1.82, 2.24) is 10.1 Å². The Labute approximate surface area is 162 Å². The fraction of sp³-hybridized carbons (Fsp3) is 0.381. The number of anilines is 1. The zero-order valence-corrected chi connectivity index (χ0v) is 16.2. The average Bonchev–Trinajstić information content (AvgIpc) is 3.30. The van der Waals surface area contributed by atoms with Crippen molar-refractivity contribution in [2.75, 3.05) is 11.9 Å². The Hall–Kier alpha value is -3.09. The quantitative estimate of drug-likeness (QED) is 0.671. The average molecular weight is 381 g/mol. The molecule has 2 aromatic heterocycles. The molecule has 0 bridgehead atoms. The molecule has 0 unspecified atom stereocenters. The summed E-state index contributed by atoms with van der Waals surface area (Å²) in [5.74, 6) is 1.07. The first-order chi connectivity index (χ1) is 13.4. The van der Waals surface area contributed by atoms with E-state index < -0.39 is 5.63 Å². The van der Waals surface area contributed by atoms with Crippen molar-refractivity contribution in [1.29, 1.82) is 0 Å². The molecule has 1 atom stereocenters. The highest BCUT2D eigenvalue weighted by Gasteiger charge is 2.32. The van der Waals surface area contributed by atoms with E-state index in [0.717, 1.165) is 35.2 Å². The fourth-order valence-corrected chi connectivity index (χ4v) is 3.65. The minimum Gasteiger partial charge on any atom is -0.423 e. The molecule has 1 aliphatic heterocycles. The second kappa shape index (κ2) is 7.14. The Morgan fingerprint density at radius 3 is 2.86 bits per heavy atom. The number of nitrogens with one attached hydrogen (secondary N) is 1. The molecule has 0 radical (unpaired) electrons. The smallest absolute Gasteiger partial charge is 0.336 e. The molecule has 7 heteroatoms. The topological polar surface area (TPSA) is 88.6 Å². The van der Waals surface area contributed by atoms with E-state index in [2.05, 4.69) is 10.5 Å². The molecule has 1 N–H and O–H groups in total. The molecular weight excluding hydrogens is 358 g/mol. The van der Waals surface area contributed by atoms with Crippen LogP contribution >= 0.6 is 0 Å². The zero-order valence-electron chi connectivity index (χ0n) is 16.2. The predicted molar refractivity (Wildman–Crippen MR) is 106 cm³/mol. The number of hydrogen-bond acceptors (Lipinski definition) is 5. The molecule has 0 saturated carbocycles. The molecule has 1 saturated heterocycles. The number of aromatic nitrogens is 1. The Kier molecular flexibility index (Phi) is 4.66. The Morgan fingerprint density at radius 2 is 2.11 bits per heavy atom. The summed E-state index contributed by atoms with van der Waals surface area (Å²) in [4.78, 5) is 26.3. The van der Waals surface area contributed by atoms with Crippen LogP contribution < -0.4 is 10.9 Å². The van der Waals surface area contributed by atoms with Gasteiger partial charge < -0.3 is 19.2 Å². The number of nitrogens with zero attached hydrogens (tertiary/aromatic N) is 2. The van der Waals surface area contributed by atoms with Crippen LogP contribution in [0.15, 0.2) is 44.1 Å². The second-order valence-corrected chi connectivity index (χ2v) is 7.55. The number of likely N-dealkylation sites (tertiary alicyclic amines) is 1. The van der Waals surface area contributed by atoms with Crippen molar-refractivity contribution in [2.24, 2.45) is 0 Å². The Balaban J connectivity index is 1.55. The first-order valence-corrected chi connectivity index (χ1v) is 9.51. The van der Waals surface area contributed by atoms with E-state index in [1.165, 1.54) is 6.07 Å². The minimum atomic E-state index is -0.403. The molecular formula is C21H23N3O4. The number of aryl methyl sites for hydroxylation is 1. The molecule has 1 aliphatic rings. The maximum Gasteiger partial charge on any atom is 0.336 e. The van der Waals surface area contributed by atoms with E-state index in [4.69, 9.17) is 8.94 Å². The van der Waals surface area contributed by atoms with Gasteiger partial charge in [-0.2, -0.15) is 0 Å². The number of amides is 2. The van der Waals surface area contributed by atoms with Gasteiger partial charge in [0.1, 0.15) is 17.0 Å². The number of carbonyl (C=O) groups is 1. The lowest BCUT2D eigenvalue weighted by Crippen LogP contribution is -2.34. The Bertz CT molecular complexity index is 1080. The molecule has 28 heavy (non-hydrogen) atoms. The van der Waals surface area contributed by atoms with E-state index in [1.807, 2.05) is 39.0 Å². The maximum absolute atomic E-state index is 12.9. The number of hydrogen-bond donors (Lipinski definition) is 1. The van der Waals surface area contributed by atoms with Crippen LogP contribution in [0.25, 0.3) is 11.0 Å². The van der Waals surface area contributed by atoms with Crippen LogP contribution in [0.4, 0.5) is 10.5 Å². The lowest BCUT2D eigenvalue weighted by atomic mass is 10.1. The molecule has 146 valence electrons. The normalized spacial score (nSPS) is 16.9. The van der Waals surface area contributed by atoms with Gasteiger partial charge in [-0.3, -0.25) is 0 Å². The fourth-order valence-electron chi connectivity index (χ4n) is 3.65. The van der Waals surface area contributed by atoms with Gasteiger partial charge in [0.25, 0.3) is 0 Å². The molecule has 4 rings (SSSR count). The number of urea groups is 1. The first-order valence-electron chi connectivity index (χ1n) is 9.51. The largest absolute Gasteiger partial charge is 0.423 e. The second-order valence-electron chi connectivity index (χ2n) is 7.55. The summed E-state index contributed by atoms with van der Waals surface area (Å²) in [6, 6.07) is 8.43. The molecule has 1 aromatic carbocycles. The SMILES string of the molecule is Cc1cc(=O)oc2cc(NC(=O)N3CCC[C@@H]3c3cc(C(C)C)on3)ccc12. The van der Waals surface area contributed by atoms with Gasteiger partial charge >= 0.3 is 11.7 Å². The molecule has 1 fully saturated rings. The lowest BCUT2D eigenvalue weighted by Gasteiger charge is -2.23. The van der Waals surface area contributed by atoms with Crippen molar-refractivity contribution in [3.05, 3.63) is 57.8 Å². The summed E-state index contributed by atoms with van der Waals surface area (Å²) in [7, 11) is 0. The Morgan fingerprint density at radius 1 is 1.29 bits per heavy atom. The van der Waals surface area contributed by atoms with Crippen LogP contribution in [0.3, 0.4) is 0 Å². The van der Waals surface area contributed by atoms with Crippen LogP contribution in [0.1, 0.15) is 55.7 Å². The predicted octanol–water partition coefficient (Wildman–Crippen LogP) is 4.58. The maximum atomic E-state index is 12.9. The molecule has 3 heterocycles.